The van der Waals surface area contributed by atoms with Gasteiger partial charge in [0.25, 0.3) is 0 Å². The smallest absolute Gasteiger partial charge is 0.337 e. The number of carbonyl (C=O) groups is 3. The van der Waals surface area contributed by atoms with Gasteiger partial charge in [0.05, 0.1) is 23.1 Å². The number of carboxylic acid groups (broad SMARTS) is 1. The van der Waals surface area contributed by atoms with Crippen LogP contribution in [0.1, 0.15) is 23.2 Å². The Labute approximate surface area is 125 Å². The zero-order valence-corrected chi connectivity index (χ0v) is 11.7. The maximum atomic E-state index is 12.5. The maximum absolute atomic E-state index is 12.5. The summed E-state index contributed by atoms with van der Waals surface area (Å²) in [6.07, 6.45) is 4.78. The van der Waals surface area contributed by atoms with Crippen LogP contribution in [0, 0.1) is 11.8 Å². The summed E-state index contributed by atoms with van der Waals surface area (Å²) in [6.45, 7) is 0. The van der Waals surface area contributed by atoms with Crippen LogP contribution < -0.4 is 4.90 Å². The number of allylic oxidation sites excluding steroid dienone is 2. The number of halogens is 1. The molecule has 1 aromatic carbocycles. The van der Waals surface area contributed by atoms with Gasteiger partial charge in [0.1, 0.15) is 0 Å². The first-order chi connectivity index (χ1) is 10.0. The summed E-state index contributed by atoms with van der Waals surface area (Å²) < 4.78 is 0. The Morgan fingerprint density at radius 2 is 1.71 bits per heavy atom. The first-order valence-corrected chi connectivity index (χ1v) is 6.94. The van der Waals surface area contributed by atoms with Crippen molar-refractivity contribution in [2.24, 2.45) is 11.8 Å². The third kappa shape index (κ3) is 2.14. The van der Waals surface area contributed by atoms with Crippen molar-refractivity contribution in [3.8, 4) is 0 Å². The molecule has 1 N–H and O–H groups in total. The number of nitrogens with zero attached hydrogens (tertiary/aromatic N) is 1. The zero-order valence-electron chi connectivity index (χ0n) is 11.0. The lowest BCUT2D eigenvalue weighted by Gasteiger charge is -2.17. The van der Waals surface area contributed by atoms with Crippen LogP contribution in [0.4, 0.5) is 5.69 Å². The second kappa shape index (κ2) is 5.00. The van der Waals surface area contributed by atoms with Crippen molar-refractivity contribution in [2.45, 2.75) is 12.8 Å². The predicted molar refractivity (Wildman–Crippen MR) is 76.3 cm³/mol. The van der Waals surface area contributed by atoms with E-state index in [0.29, 0.717) is 12.8 Å². The number of hydrogen-bond donors (Lipinski definition) is 1. The lowest BCUT2D eigenvalue weighted by atomic mass is 9.85. The average Bonchev–Trinajstić information content (AvgIpc) is 2.71. The first kappa shape index (κ1) is 13.8. The lowest BCUT2D eigenvalue weighted by molar-refractivity contribution is -0.122. The van der Waals surface area contributed by atoms with Gasteiger partial charge >= 0.3 is 5.97 Å². The van der Waals surface area contributed by atoms with Crippen LogP contribution in [0.25, 0.3) is 0 Å². The van der Waals surface area contributed by atoms with Gasteiger partial charge in [0.2, 0.25) is 11.8 Å². The number of carboxylic acids is 1. The monoisotopic (exact) mass is 305 g/mol. The number of benzene rings is 1. The molecule has 0 bridgehead atoms. The molecule has 1 aliphatic heterocycles. The van der Waals surface area contributed by atoms with E-state index in [1.165, 1.54) is 18.2 Å². The van der Waals surface area contributed by atoms with Crippen molar-refractivity contribution in [3.05, 3.63) is 40.9 Å². The normalized spacial score (nSPS) is 24.3. The number of rotatable bonds is 2. The summed E-state index contributed by atoms with van der Waals surface area (Å²) in [7, 11) is 0. The van der Waals surface area contributed by atoms with Crippen LogP contribution in [-0.2, 0) is 9.59 Å². The molecule has 1 fully saturated rings. The minimum Gasteiger partial charge on any atom is -0.478 e. The Hall–Kier alpha value is -2.14. The number of hydrogen-bond acceptors (Lipinski definition) is 3. The molecular formula is C15H12ClNO4. The molecule has 108 valence electrons. The number of carbonyl (C=O) groups excluding carboxylic acids is 2. The molecule has 2 amide bonds. The van der Waals surface area contributed by atoms with Gasteiger partial charge in [-0.1, -0.05) is 23.8 Å². The fourth-order valence-corrected chi connectivity index (χ4v) is 3.07. The topological polar surface area (TPSA) is 74.7 Å². The van der Waals surface area contributed by atoms with Crippen LogP contribution in [0.5, 0.6) is 0 Å². The predicted octanol–water partition coefficient (Wildman–Crippen LogP) is 2.49. The average molecular weight is 306 g/mol. The van der Waals surface area contributed by atoms with E-state index in [1.54, 1.807) is 0 Å². The van der Waals surface area contributed by atoms with Crippen LogP contribution in [-0.4, -0.2) is 22.9 Å². The minimum atomic E-state index is -1.20. The Morgan fingerprint density at radius 1 is 1.14 bits per heavy atom. The summed E-state index contributed by atoms with van der Waals surface area (Å²) in [6, 6.07) is 4.08. The van der Waals surface area contributed by atoms with Gasteiger partial charge in [-0.25, -0.2) is 9.69 Å². The molecule has 2 aliphatic rings. The molecule has 0 saturated carbocycles. The molecule has 3 rings (SSSR count). The summed E-state index contributed by atoms with van der Waals surface area (Å²) >= 11 is 5.89. The number of amides is 2. The third-order valence-electron chi connectivity index (χ3n) is 3.94. The highest BCUT2D eigenvalue weighted by molar-refractivity contribution is 6.32. The SMILES string of the molecule is O=C(O)c1ccc(Cl)cc1N1C(=O)[C@H]2CC=CC[C@H]2C1=O. The van der Waals surface area contributed by atoms with Gasteiger partial charge in [-0.15, -0.1) is 0 Å². The third-order valence-corrected chi connectivity index (χ3v) is 4.17. The van der Waals surface area contributed by atoms with E-state index in [0.717, 1.165) is 4.90 Å². The molecule has 1 saturated heterocycles. The second-order valence-electron chi connectivity index (χ2n) is 5.13. The highest BCUT2D eigenvalue weighted by Crippen LogP contribution is 2.39. The van der Waals surface area contributed by atoms with Gasteiger partial charge in [-0.2, -0.15) is 0 Å². The maximum Gasteiger partial charge on any atom is 0.337 e. The largest absolute Gasteiger partial charge is 0.478 e. The zero-order chi connectivity index (χ0) is 15.1. The minimum absolute atomic E-state index is 0.0550. The number of imide groups is 1. The highest BCUT2D eigenvalue weighted by Gasteiger charge is 2.48. The van der Waals surface area contributed by atoms with E-state index in [2.05, 4.69) is 0 Å². The molecule has 2 atom stereocenters. The van der Waals surface area contributed by atoms with E-state index in [9.17, 15) is 19.5 Å². The fourth-order valence-electron chi connectivity index (χ4n) is 2.91. The molecule has 0 unspecified atom stereocenters. The summed E-state index contributed by atoms with van der Waals surface area (Å²) in [5.41, 5.74) is -0.0490. The van der Waals surface area contributed by atoms with Crippen molar-refractivity contribution in [2.75, 3.05) is 4.90 Å². The molecule has 21 heavy (non-hydrogen) atoms. The Balaban J connectivity index is 2.09. The van der Waals surface area contributed by atoms with Crippen molar-refractivity contribution in [1.29, 1.82) is 0 Å². The molecule has 1 heterocycles. The van der Waals surface area contributed by atoms with E-state index in [4.69, 9.17) is 11.6 Å². The van der Waals surface area contributed by atoms with Gasteiger partial charge in [0.15, 0.2) is 0 Å². The van der Waals surface area contributed by atoms with E-state index >= 15 is 0 Å². The standard InChI is InChI=1S/C15H12ClNO4/c16-8-5-6-11(15(20)21)12(7-8)17-13(18)9-3-1-2-4-10(9)14(17)19/h1-2,5-7,9-10H,3-4H2,(H,20,21)/t9-,10+. The van der Waals surface area contributed by atoms with Gasteiger partial charge < -0.3 is 5.11 Å². The van der Waals surface area contributed by atoms with Crippen molar-refractivity contribution < 1.29 is 19.5 Å². The summed E-state index contributed by atoms with van der Waals surface area (Å²) in [5, 5.41) is 9.52. The first-order valence-electron chi connectivity index (χ1n) is 6.56. The fraction of sp³-hybridized carbons (Fsp3) is 0.267. The lowest BCUT2D eigenvalue weighted by Crippen LogP contribution is -2.32. The van der Waals surface area contributed by atoms with Crippen LogP contribution >= 0.6 is 11.6 Å². The molecule has 1 aromatic rings. The molecule has 6 heteroatoms. The molecule has 1 aliphatic carbocycles. The van der Waals surface area contributed by atoms with Crippen LogP contribution in [0.15, 0.2) is 30.4 Å². The van der Waals surface area contributed by atoms with Gasteiger partial charge in [0, 0.05) is 5.02 Å². The number of aromatic carboxylic acids is 1. The van der Waals surface area contributed by atoms with Crippen molar-refractivity contribution in [1.82, 2.24) is 0 Å². The summed E-state index contributed by atoms with van der Waals surface area (Å²) in [5.74, 6) is -2.69. The molecule has 0 aromatic heterocycles. The van der Waals surface area contributed by atoms with E-state index in [1.807, 2.05) is 12.2 Å². The van der Waals surface area contributed by atoms with E-state index in [-0.39, 0.29) is 28.1 Å². The van der Waals surface area contributed by atoms with Gasteiger partial charge in [-0.3, -0.25) is 9.59 Å². The Kier molecular flexibility index (Phi) is 3.29. The second-order valence-corrected chi connectivity index (χ2v) is 5.57. The van der Waals surface area contributed by atoms with Crippen LogP contribution in [0.2, 0.25) is 5.02 Å². The van der Waals surface area contributed by atoms with Crippen molar-refractivity contribution in [3.63, 3.8) is 0 Å². The number of anilines is 1. The Morgan fingerprint density at radius 3 is 2.24 bits per heavy atom. The molecule has 5 nitrogen and oxygen atoms in total. The molecular weight excluding hydrogens is 294 g/mol. The number of fused-ring (bicyclic) bond motifs is 1. The van der Waals surface area contributed by atoms with Crippen LogP contribution in [0.3, 0.4) is 0 Å². The highest BCUT2D eigenvalue weighted by atomic mass is 35.5. The molecule has 0 radical (unpaired) electrons. The van der Waals surface area contributed by atoms with E-state index < -0.39 is 17.8 Å². The quantitative estimate of drug-likeness (QED) is 0.673. The summed E-state index contributed by atoms with van der Waals surface area (Å²) in [4.78, 5) is 37.2. The van der Waals surface area contributed by atoms with Gasteiger partial charge in [-0.05, 0) is 31.0 Å². The van der Waals surface area contributed by atoms with Crippen molar-refractivity contribution >= 4 is 35.1 Å². The Bertz CT molecular complexity index is 656. The molecule has 0 spiro atoms.